The van der Waals surface area contributed by atoms with E-state index in [9.17, 15) is 38.1 Å². The highest BCUT2D eigenvalue weighted by Crippen LogP contribution is 2.43. The van der Waals surface area contributed by atoms with Gasteiger partial charge in [0, 0.05) is 32.3 Å². The first-order chi connectivity index (χ1) is 25.2. The van der Waals surface area contributed by atoms with Crippen LogP contribution in [0.5, 0.6) is 0 Å². The number of rotatable bonds is 16. The Morgan fingerprint density at radius 3 is 2.24 bits per heavy atom. The number of hydrogen-bond donors (Lipinski definition) is 4. The molecule has 0 unspecified atom stereocenters. The van der Waals surface area contributed by atoms with Crippen molar-refractivity contribution in [1.29, 1.82) is 0 Å². The Balaban J connectivity index is 1.72. The summed E-state index contributed by atoms with van der Waals surface area (Å²) in [5.41, 5.74) is -2.52. The molecule has 306 valence electrons. The van der Waals surface area contributed by atoms with Gasteiger partial charge in [0.05, 0.1) is 40.6 Å². The minimum atomic E-state index is -4.16. The zero-order chi connectivity index (χ0) is 40.3. The average molecular weight is 788 g/mol. The molecule has 0 spiro atoms. The normalized spacial score (nSPS) is 36.0. The molecule has 16 nitrogen and oxygen atoms in total. The number of nitrogens with one attached hydrogen (secondary N) is 1. The van der Waals surface area contributed by atoms with E-state index in [1.807, 2.05) is 0 Å². The first-order valence-corrected chi connectivity index (χ1v) is 19.9. The van der Waals surface area contributed by atoms with Gasteiger partial charge in [-0.1, -0.05) is 39.0 Å². The molecule has 54 heavy (non-hydrogen) atoms. The van der Waals surface area contributed by atoms with Crippen molar-refractivity contribution in [2.75, 3.05) is 7.11 Å². The lowest BCUT2D eigenvalue weighted by Gasteiger charge is -2.48. The Kier molecular flexibility index (Phi) is 14.5. The second-order valence-electron chi connectivity index (χ2n) is 15.3. The van der Waals surface area contributed by atoms with Crippen molar-refractivity contribution in [2.45, 2.75) is 159 Å². The van der Waals surface area contributed by atoms with Crippen molar-refractivity contribution in [3.63, 3.8) is 0 Å². The topological polar surface area (TPSA) is 223 Å². The van der Waals surface area contributed by atoms with Gasteiger partial charge < -0.3 is 48.5 Å². The summed E-state index contributed by atoms with van der Waals surface area (Å²) in [6.07, 6.45) is -11.1. The van der Waals surface area contributed by atoms with E-state index < -0.39 is 112 Å². The highest BCUT2D eigenvalue weighted by atomic mass is 32.2. The highest BCUT2D eigenvalue weighted by Gasteiger charge is 2.55. The molecular weight excluding hydrogens is 730 g/mol. The van der Waals surface area contributed by atoms with Gasteiger partial charge in [-0.3, -0.25) is 14.4 Å². The number of ketones is 1. The van der Waals surface area contributed by atoms with Crippen molar-refractivity contribution in [2.24, 2.45) is 17.8 Å². The van der Waals surface area contributed by atoms with Crippen LogP contribution in [0.4, 0.5) is 0 Å². The van der Waals surface area contributed by atoms with E-state index in [0.29, 0.717) is 0 Å². The summed E-state index contributed by atoms with van der Waals surface area (Å²) in [6.45, 7) is 12.9. The fraction of sp³-hybridized carbons (Fsp3) is 0.757. The van der Waals surface area contributed by atoms with Crippen LogP contribution < -0.4 is 4.72 Å². The molecule has 0 radical (unpaired) electrons. The Morgan fingerprint density at radius 1 is 1.04 bits per heavy atom. The lowest BCUT2D eigenvalue weighted by Crippen LogP contribution is -2.61. The van der Waals surface area contributed by atoms with Gasteiger partial charge in [-0.15, -0.1) is 0 Å². The van der Waals surface area contributed by atoms with Crippen molar-refractivity contribution in [3.05, 3.63) is 30.3 Å². The predicted octanol–water partition coefficient (Wildman–Crippen LogP) is 1.96. The number of Topliss-reactive ketones (excluding diaryl/α,β-unsaturated/α-hetero) is 1. The number of carbonyl (C=O) groups excluding carboxylic acids is 3. The maximum absolute atomic E-state index is 13.8. The van der Waals surface area contributed by atoms with Crippen LogP contribution in [0.3, 0.4) is 0 Å². The Labute approximate surface area is 317 Å². The maximum Gasteiger partial charge on any atom is 0.312 e. The molecule has 1 aromatic carbocycles. The van der Waals surface area contributed by atoms with E-state index >= 15 is 0 Å². The SMILES string of the molecule is CC[C@@H](OC(=O)[C@H](C)[C@H](O[C@H]1C[C@@](C)(OC)[C@@H](O)[C@H](C)O1)[C@H](C)[C@@H](O[C@@H]1O[C@H](O)C[C@H](NS(=O)(=O)c2ccccc2)[C@H]1O)[C@@]1(C)C[C@@H](C)C(=O)O1)C(C)=O. The first kappa shape index (κ1) is 44.1. The molecule has 3 heterocycles. The Bertz CT molecular complexity index is 1560. The van der Waals surface area contributed by atoms with Gasteiger partial charge in [0.1, 0.15) is 23.9 Å². The molecule has 15 atom stereocenters. The number of esters is 2. The van der Waals surface area contributed by atoms with Crippen LogP contribution in [0.1, 0.15) is 81.1 Å². The number of benzene rings is 1. The third kappa shape index (κ3) is 9.86. The summed E-state index contributed by atoms with van der Waals surface area (Å²) in [5, 5.41) is 33.2. The minimum absolute atomic E-state index is 0.0414. The molecule has 3 aliphatic heterocycles. The fourth-order valence-corrected chi connectivity index (χ4v) is 8.90. The standard InChI is InChI=1S/C37H57NO15S/c1-10-26(22(5)39)49-34(44)21(4)30(51-28-18-36(7,47-9)31(42)23(6)48-28)20(3)32(37(8)17-19(2)33(43)53-37)52-35-29(41)25(16-27(40)50-35)38-54(45,46)24-14-12-11-13-15-24/h11-15,19-21,23,25-32,35,38,40-42H,10,16-18H2,1-9H3/t19-,20+,21-,23+,25+,26-,27+,28+,29-,30-,31+,32-,35+,36-,37-/m1/s1. The van der Waals surface area contributed by atoms with E-state index in [2.05, 4.69) is 4.72 Å². The summed E-state index contributed by atoms with van der Waals surface area (Å²) < 4.78 is 70.8. The van der Waals surface area contributed by atoms with Gasteiger partial charge in [0.2, 0.25) is 10.0 Å². The number of aliphatic hydroxyl groups excluding tert-OH is 3. The smallest absolute Gasteiger partial charge is 0.312 e. The Hall–Kier alpha value is -2.58. The van der Waals surface area contributed by atoms with E-state index in [-0.39, 0.29) is 36.4 Å². The molecule has 0 amide bonds. The lowest BCUT2D eigenvalue weighted by atomic mass is 9.79. The molecule has 17 heteroatoms. The van der Waals surface area contributed by atoms with E-state index in [1.165, 1.54) is 26.2 Å². The summed E-state index contributed by atoms with van der Waals surface area (Å²) in [7, 11) is -2.71. The number of carbonyl (C=O) groups is 3. The van der Waals surface area contributed by atoms with E-state index in [1.54, 1.807) is 66.7 Å². The van der Waals surface area contributed by atoms with Gasteiger partial charge in [-0.05, 0) is 53.2 Å². The van der Waals surface area contributed by atoms with Crippen molar-refractivity contribution in [3.8, 4) is 0 Å². The summed E-state index contributed by atoms with van der Waals surface area (Å²) >= 11 is 0. The predicted molar refractivity (Wildman–Crippen MR) is 190 cm³/mol. The number of hydrogen-bond acceptors (Lipinski definition) is 15. The Morgan fingerprint density at radius 2 is 1.69 bits per heavy atom. The van der Waals surface area contributed by atoms with Crippen LogP contribution in [-0.2, 0) is 57.6 Å². The first-order valence-electron chi connectivity index (χ1n) is 18.4. The quantitative estimate of drug-likeness (QED) is 0.176. The average Bonchev–Trinajstić information content (AvgIpc) is 3.39. The summed E-state index contributed by atoms with van der Waals surface area (Å²) in [6, 6.07) is 6.22. The van der Waals surface area contributed by atoms with Gasteiger partial charge in [-0.2, -0.15) is 0 Å². The highest BCUT2D eigenvalue weighted by molar-refractivity contribution is 7.89. The van der Waals surface area contributed by atoms with Gasteiger partial charge in [-0.25, -0.2) is 13.1 Å². The summed E-state index contributed by atoms with van der Waals surface area (Å²) in [5.74, 6) is -4.25. The van der Waals surface area contributed by atoms with Gasteiger partial charge in [0.15, 0.2) is 30.8 Å². The fourth-order valence-electron chi connectivity index (χ4n) is 7.62. The lowest BCUT2D eigenvalue weighted by molar-refractivity contribution is -0.331. The van der Waals surface area contributed by atoms with Crippen LogP contribution in [-0.4, -0.2) is 121 Å². The molecule has 3 fully saturated rings. The zero-order valence-corrected chi connectivity index (χ0v) is 33.2. The number of methoxy groups -OCH3 is 1. The second kappa shape index (κ2) is 17.7. The molecule has 3 saturated heterocycles. The monoisotopic (exact) mass is 787 g/mol. The third-order valence-electron chi connectivity index (χ3n) is 10.9. The van der Waals surface area contributed by atoms with E-state index in [0.717, 1.165) is 0 Å². The van der Waals surface area contributed by atoms with Crippen molar-refractivity contribution < 1.29 is 71.3 Å². The number of cyclic esters (lactones) is 1. The molecule has 3 aliphatic rings. The second-order valence-corrected chi connectivity index (χ2v) is 17.0. The maximum atomic E-state index is 13.8. The molecular formula is C37H57NO15S. The summed E-state index contributed by atoms with van der Waals surface area (Å²) in [4.78, 5) is 38.9. The van der Waals surface area contributed by atoms with Crippen LogP contribution in [0.2, 0.25) is 0 Å². The van der Waals surface area contributed by atoms with Crippen LogP contribution in [0, 0.1) is 17.8 Å². The largest absolute Gasteiger partial charge is 0.456 e. The van der Waals surface area contributed by atoms with Crippen LogP contribution in [0.15, 0.2) is 35.2 Å². The van der Waals surface area contributed by atoms with E-state index in [4.69, 9.17) is 33.2 Å². The zero-order valence-electron chi connectivity index (χ0n) is 32.4. The van der Waals surface area contributed by atoms with Crippen molar-refractivity contribution in [1.82, 2.24) is 4.72 Å². The van der Waals surface area contributed by atoms with Gasteiger partial charge in [0.25, 0.3) is 0 Å². The molecule has 0 bridgehead atoms. The molecule has 0 saturated carbocycles. The van der Waals surface area contributed by atoms with Crippen LogP contribution >= 0.6 is 0 Å². The van der Waals surface area contributed by atoms with Gasteiger partial charge >= 0.3 is 11.9 Å². The number of sulfonamides is 1. The van der Waals surface area contributed by atoms with Crippen molar-refractivity contribution >= 4 is 27.7 Å². The molecule has 4 rings (SSSR count). The van der Waals surface area contributed by atoms with Crippen LogP contribution in [0.25, 0.3) is 0 Å². The molecule has 1 aromatic rings. The minimum Gasteiger partial charge on any atom is -0.456 e. The number of aliphatic hydroxyl groups is 3. The number of ether oxygens (including phenoxy) is 7. The molecule has 4 N–H and O–H groups in total. The third-order valence-corrected chi connectivity index (χ3v) is 12.4. The molecule has 0 aromatic heterocycles. The molecule has 0 aliphatic carbocycles.